The summed E-state index contributed by atoms with van der Waals surface area (Å²) in [5.74, 6) is 1.01. The third-order valence-corrected chi connectivity index (χ3v) is 4.33. The maximum absolute atomic E-state index is 12.6. The molecule has 0 aromatic rings. The van der Waals surface area contributed by atoms with Gasteiger partial charge in [-0.25, -0.2) is 0 Å². The van der Waals surface area contributed by atoms with Crippen LogP contribution in [0.1, 0.15) is 39.5 Å². The highest BCUT2D eigenvalue weighted by atomic mass is 19.4. The molecule has 0 aromatic carbocycles. The highest BCUT2D eigenvalue weighted by Gasteiger charge is 2.43. The Morgan fingerprint density at radius 2 is 1.78 bits per heavy atom. The molecule has 18 heavy (non-hydrogen) atoms. The molecule has 2 aliphatic heterocycles. The predicted molar refractivity (Wildman–Crippen MR) is 65.4 cm³/mol. The second-order valence-corrected chi connectivity index (χ2v) is 6.09. The van der Waals surface area contributed by atoms with Gasteiger partial charge in [0, 0.05) is 18.6 Å². The Morgan fingerprint density at radius 3 is 2.28 bits per heavy atom. The third kappa shape index (κ3) is 3.38. The van der Waals surface area contributed by atoms with E-state index in [1.165, 1.54) is 6.42 Å². The van der Waals surface area contributed by atoms with Gasteiger partial charge < -0.3 is 10.6 Å². The lowest BCUT2D eigenvalue weighted by molar-refractivity contribution is -0.162. The SMILES string of the molecule is CC1CC(C)NC(C2CCC(C(F)(F)F)NC2)C1. The number of hydrogen-bond donors (Lipinski definition) is 2. The van der Waals surface area contributed by atoms with E-state index < -0.39 is 12.2 Å². The molecule has 5 atom stereocenters. The van der Waals surface area contributed by atoms with Crippen LogP contribution in [0.3, 0.4) is 0 Å². The first-order chi connectivity index (χ1) is 8.36. The van der Waals surface area contributed by atoms with Crippen LogP contribution >= 0.6 is 0 Å². The molecule has 0 saturated carbocycles. The number of halogens is 3. The van der Waals surface area contributed by atoms with Crippen LogP contribution in [0.15, 0.2) is 0 Å². The van der Waals surface area contributed by atoms with E-state index in [1.807, 2.05) is 0 Å². The standard InChI is InChI=1S/C13H23F3N2/c1-8-5-9(2)18-11(6-8)10-3-4-12(17-7-10)13(14,15)16/h8-12,17-18H,3-7H2,1-2H3. The highest BCUT2D eigenvalue weighted by molar-refractivity contribution is 4.92. The van der Waals surface area contributed by atoms with Gasteiger partial charge in [-0.1, -0.05) is 6.92 Å². The number of piperidine rings is 2. The van der Waals surface area contributed by atoms with Gasteiger partial charge in [0.15, 0.2) is 0 Å². The van der Waals surface area contributed by atoms with Gasteiger partial charge >= 0.3 is 6.18 Å². The summed E-state index contributed by atoms with van der Waals surface area (Å²) in [6.07, 6.45) is -0.940. The summed E-state index contributed by atoms with van der Waals surface area (Å²) >= 11 is 0. The van der Waals surface area contributed by atoms with Crippen molar-refractivity contribution in [1.82, 2.24) is 10.6 Å². The van der Waals surface area contributed by atoms with Crippen LogP contribution in [-0.4, -0.2) is 30.8 Å². The average Bonchev–Trinajstić information content (AvgIpc) is 2.27. The van der Waals surface area contributed by atoms with Crippen LogP contribution < -0.4 is 10.6 Å². The fourth-order valence-corrected chi connectivity index (χ4v) is 3.46. The molecule has 0 aromatic heterocycles. The van der Waals surface area contributed by atoms with Crippen molar-refractivity contribution in [1.29, 1.82) is 0 Å². The molecule has 2 N–H and O–H groups in total. The van der Waals surface area contributed by atoms with Crippen molar-refractivity contribution < 1.29 is 13.2 Å². The van der Waals surface area contributed by atoms with Crippen molar-refractivity contribution in [2.45, 2.75) is 63.8 Å². The van der Waals surface area contributed by atoms with E-state index >= 15 is 0 Å². The van der Waals surface area contributed by atoms with Crippen LogP contribution in [0.2, 0.25) is 0 Å². The third-order valence-electron chi connectivity index (χ3n) is 4.33. The Kier molecular flexibility index (Phi) is 4.22. The highest BCUT2D eigenvalue weighted by Crippen LogP contribution is 2.32. The normalized spacial score (nSPS) is 42.8. The maximum atomic E-state index is 12.6. The number of rotatable bonds is 1. The molecular formula is C13H23F3N2. The molecule has 2 aliphatic rings. The van der Waals surface area contributed by atoms with Gasteiger partial charge in [0.2, 0.25) is 0 Å². The Bertz CT molecular complexity index is 262. The van der Waals surface area contributed by atoms with Crippen molar-refractivity contribution in [2.75, 3.05) is 6.54 Å². The summed E-state index contributed by atoms with van der Waals surface area (Å²) < 4.78 is 37.7. The lowest BCUT2D eigenvalue weighted by atomic mass is 9.80. The minimum absolute atomic E-state index is 0.217. The molecule has 0 bridgehead atoms. The van der Waals surface area contributed by atoms with Gasteiger partial charge in [-0.15, -0.1) is 0 Å². The molecule has 5 unspecified atom stereocenters. The number of nitrogens with one attached hydrogen (secondary N) is 2. The Morgan fingerprint density at radius 1 is 1.06 bits per heavy atom. The summed E-state index contributed by atoms with van der Waals surface area (Å²) in [4.78, 5) is 0. The summed E-state index contributed by atoms with van der Waals surface area (Å²) in [7, 11) is 0. The van der Waals surface area contributed by atoms with Crippen molar-refractivity contribution in [3.8, 4) is 0 Å². The van der Waals surface area contributed by atoms with Crippen molar-refractivity contribution >= 4 is 0 Å². The molecule has 2 saturated heterocycles. The summed E-state index contributed by atoms with van der Waals surface area (Å²) in [6.45, 7) is 4.89. The van der Waals surface area contributed by atoms with Crippen molar-refractivity contribution in [3.05, 3.63) is 0 Å². The van der Waals surface area contributed by atoms with Crippen LogP contribution in [0.5, 0.6) is 0 Å². The largest absolute Gasteiger partial charge is 0.403 e. The predicted octanol–water partition coefficient (Wildman–Crippen LogP) is 2.69. The fraction of sp³-hybridized carbons (Fsp3) is 1.00. The number of alkyl halides is 3. The first-order valence-corrected chi connectivity index (χ1v) is 6.92. The molecule has 106 valence electrons. The minimum atomic E-state index is -4.09. The quantitative estimate of drug-likeness (QED) is 0.761. The van der Waals surface area contributed by atoms with Gasteiger partial charge in [-0.05, 0) is 44.4 Å². The molecular weight excluding hydrogens is 241 g/mol. The first-order valence-electron chi connectivity index (χ1n) is 6.92. The average molecular weight is 264 g/mol. The van der Waals surface area contributed by atoms with E-state index in [4.69, 9.17) is 0 Å². The molecule has 2 rings (SSSR count). The van der Waals surface area contributed by atoms with Gasteiger partial charge in [0.05, 0.1) is 0 Å². The molecule has 0 aliphatic carbocycles. The van der Waals surface area contributed by atoms with Crippen molar-refractivity contribution in [2.24, 2.45) is 11.8 Å². The Labute approximate surface area is 107 Å². The Hall–Kier alpha value is -0.290. The zero-order valence-corrected chi connectivity index (χ0v) is 11.1. The summed E-state index contributed by atoms with van der Waals surface area (Å²) in [6, 6.07) is -0.434. The van der Waals surface area contributed by atoms with E-state index in [9.17, 15) is 13.2 Å². The minimum Gasteiger partial charge on any atom is -0.311 e. The molecule has 2 fully saturated rings. The molecule has 5 heteroatoms. The second-order valence-electron chi connectivity index (χ2n) is 6.09. The fourth-order valence-electron chi connectivity index (χ4n) is 3.46. The molecule has 0 radical (unpaired) electrons. The van der Waals surface area contributed by atoms with E-state index in [0.29, 0.717) is 36.9 Å². The first kappa shape index (κ1) is 14.1. The zero-order valence-electron chi connectivity index (χ0n) is 11.1. The molecule has 0 spiro atoms. The maximum Gasteiger partial charge on any atom is 0.403 e. The van der Waals surface area contributed by atoms with E-state index in [-0.39, 0.29) is 6.42 Å². The monoisotopic (exact) mass is 264 g/mol. The van der Waals surface area contributed by atoms with Crippen LogP contribution in [0, 0.1) is 11.8 Å². The molecule has 2 nitrogen and oxygen atoms in total. The van der Waals surface area contributed by atoms with Gasteiger partial charge in [0.25, 0.3) is 0 Å². The van der Waals surface area contributed by atoms with Gasteiger partial charge in [-0.2, -0.15) is 13.2 Å². The lowest BCUT2D eigenvalue weighted by Crippen LogP contribution is -2.55. The summed E-state index contributed by atoms with van der Waals surface area (Å²) in [5, 5.41) is 6.22. The molecule has 2 heterocycles. The van der Waals surface area contributed by atoms with Crippen LogP contribution in [0.25, 0.3) is 0 Å². The van der Waals surface area contributed by atoms with E-state index in [1.54, 1.807) is 0 Å². The topological polar surface area (TPSA) is 24.1 Å². The van der Waals surface area contributed by atoms with Gasteiger partial charge in [0.1, 0.15) is 6.04 Å². The number of hydrogen-bond acceptors (Lipinski definition) is 2. The second kappa shape index (κ2) is 5.37. The summed E-state index contributed by atoms with van der Waals surface area (Å²) in [5.41, 5.74) is 0. The van der Waals surface area contributed by atoms with E-state index in [2.05, 4.69) is 24.5 Å². The van der Waals surface area contributed by atoms with E-state index in [0.717, 1.165) is 6.42 Å². The van der Waals surface area contributed by atoms with Crippen LogP contribution in [0.4, 0.5) is 13.2 Å². The lowest BCUT2D eigenvalue weighted by Gasteiger charge is -2.41. The smallest absolute Gasteiger partial charge is 0.311 e. The zero-order chi connectivity index (χ0) is 13.3. The Balaban J connectivity index is 1.86. The van der Waals surface area contributed by atoms with Crippen molar-refractivity contribution in [3.63, 3.8) is 0 Å². The molecule has 0 amide bonds. The van der Waals surface area contributed by atoms with Gasteiger partial charge in [-0.3, -0.25) is 0 Å². The van der Waals surface area contributed by atoms with Crippen LogP contribution in [-0.2, 0) is 0 Å².